The van der Waals surface area contributed by atoms with Crippen LogP contribution in [0.2, 0.25) is 0 Å². The Kier molecular flexibility index (Phi) is 5.57. The number of rotatable bonds is 6. The van der Waals surface area contributed by atoms with Crippen molar-refractivity contribution in [1.29, 1.82) is 0 Å². The van der Waals surface area contributed by atoms with Crippen LogP contribution in [0, 0.1) is 6.92 Å². The van der Waals surface area contributed by atoms with Crippen LogP contribution in [0.25, 0.3) is 11.0 Å². The van der Waals surface area contributed by atoms with E-state index < -0.39 is 0 Å². The number of hydrogen-bond donors (Lipinski definition) is 1. The Labute approximate surface area is 173 Å². The maximum atomic E-state index is 12.4. The molecule has 1 amide bonds. The van der Waals surface area contributed by atoms with Crippen LogP contribution in [0.15, 0.2) is 66.0 Å². The Bertz CT molecular complexity index is 1160. The highest BCUT2D eigenvalue weighted by atomic mass is 32.2. The Hall–Kier alpha value is -3.19. The molecule has 0 bridgehead atoms. The van der Waals surface area contributed by atoms with Gasteiger partial charge in [0.1, 0.15) is 5.82 Å². The van der Waals surface area contributed by atoms with E-state index in [1.54, 1.807) is 30.1 Å². The lowest BCUT2D eigenvalue weighted by molar-refractivity contribution is 0.102. The summed E-state index contributed by atoms with van der Waals surface area (Å²) >= 11 is 1.57. The van der Waals surface area contributed by atoms with Gasteiger partial charge in [0, 0.05) is 29.7 Å². The van der Waals surface area contributed by atoms with Crippen LogP contribution in [0.3, 0.4) is 0 Å². The third-order valence-corrected chi connectivity index (χ3v) is 5.40. The summed E-state index contributed by atoms with van der Waals surface area (Å²) in [6.07, 6.45) is 1.77. The largest absolute Gasteiger partial charge is 0.328 e. The number of nitrogens with one attached hydrogen (secondary N) is 1. The van der Waals surface area contributed by atoms with E-state index in [0.29, 0.717) is 11.3 Å². The van der Waals surface area contributed by atoms with Crippen LogP contribution < -0.4 is 5.32 Å². The van der Waals surface area contributed by atoms with E-state index in [9.17, 15) is 4.79 Å². The number of carbonyl (C=O) groups excluding carboxylic acids is 1. The highest BCUT2D eigenvalue weighted by Crippen LogP contribution is 2.25. The van der Waals surface area contributed by atoms with Crippen molar-refractivity contribution < 1.29 is 4.79 Å². The minimum absolute atomic E-state index is 0.132. The smallest absolute Gasteiger partial charge is 0.255 e. The second-order valence-corrected chi connectivity index (χ2v) is 7.51. The minimum atomic E-state index is -0.132. The van der Waals surface area contributed by atoms with Crippen LogP contribution in [0.4, 0.5) is 5.69 Å². The fourth-order valence-corrected chi connectivity index (χ4v) is 3.96. The van der Waals surface area contributed by atoms with E-state index in [1.807, 2.05) is 49.4 Å². The van der Waals surface area contributed by atoms with Crippen molar-refractivity contribution in [3.8, 4) is 0 Å². The second kappa shape index (κ2) is 8.45. The lowest BCUT2D eigenvalue weighted by Gasteiger charge is -2.07. The zero-order valence-electron chi connectivity index (χ0n) is 16.3. The summed E-state index contributed by atoms with van der Waals surface area (Å²) in [5, 5.41) is 3.69. The van der Waals surface area contributed by atoms with Crippen molar-refractivity contribution in [1.82, 2.24) is 19.5 Å². The first-order valence-electron chi connectivity index (χ1n) is 9.42. The molecule has 0 saturated carbocycles. The third-order valence-electron chi connectivity index (χ3n) is 4.54. The summed E-state index contributed by atoms with van der Waals surface area (Å²) in [6, 6.07) is 16.9. The molecule has 0 saturated heterocycles. The molecule has 2 heterocycles. The van der Waals surface area contributed by atoms with Crippen LogP contribution in [0.1, 0.15) is 28.8 Å². The number of amides is 1. The molecule has 0 radical (unpaired) electrons. The first-order chi connectivity index (χ1) is 14.1. The predicted molar refractivity (Wildman–Crippen MR) is 116 cm³/mol. The Morgan fingerprint density at radius 3 is 2.69 bits per heavy atom. The molecule has 7 heteroatoms. The molecule has 146 valence electrons. The molecule has 0 aliphatic rings. The molecule has 0 aliphatic carbocycles. The summed E-state index contributed by atoms with van der Waals surface area (Å²) in [5.74, 6) is 1.51. The molecule has 4 aromatic rings. The fraction of sp³-hybridized carbons (Fsp3) is 0.182. The first kappa shape index (κ1) is 19.1. The van der Waals surface area contributed by atoms with Crippen LogP contribution in [-0.4, -0.2) is 25.4 Å². The molecule has 29 heavy (non-hydrogen) atoms. The summed E-state index contributed by atoms with van der Waals surface area (Å²) in [5.41, 5.74) is 4.21. The van der Waals surface area contributed by atoms with Crippen molar-refractivity contribution in [2.24, 2.45) is 0 Å². The van der Waals surface area contributed by atoms with Gasteiger partial charge in [-0.25, -0.2) is 15.0 Å². The lowest BCUT2D eigenvalue weighted by atomic mass is 10.2. The molecule has 0 atom stereocenters. The number of fused-ring (bicyclic) bond motifs is 1. The minimum Gasteiger partial charge on any atom is -0.328 e. The van der Waals surface area contributed by atoms with Crippen molar-refractivity contribution in [3.05, 3.63) is 77.9 Å². The summed E-state index contributed by atoms with van der Waals surface area (Å²) in [6.45, 7) is 4.87. The van der Waals surface area contributed by atoms with E-state index >= 15 is 0 Å². The van der Waals surface area contributed by atoms with Gasteiger partial charge < -0.3 is 9.88 Å². The number of benzene rings is 2. The van der Waals surface area contributed by atoms with E-state index in [2.05, 4.69) is 26.8 Å². The molecule has 0 unspecified atom stereocenters. The standard InChI is InChI=1S/C22H21N5OS/c1-3-27-19-10-9-17(25-21(28)16-7-5-4-6-8-16)13-18(19)26-20(27)14-29-22-23-12-11-15(2)24-22/h4-13H,3,14H2,1-2H3,(H,25,28). The van der Waals surface area contributed by atoms with Gasteiger partial charge in [0.2, 0.25) is 0 Å². The lowest BCUT2D eigenvalue weighted by Crippen LogP contribution is -2.11. The SMILES string of the molecule is CCn1c(CSc2nccc(C)n2)nc2cc(NC(=O)c3ccccc3)ccc21. The van der Waals surface area contributed by atoms with Gasteiger partial charge in [-0.15, -0.1) is 0 Å². The van der Waals surface area contributed by atoms with Crippen molar-refractivity contribution in [2.75, 3.05) is 5.32 Å². The summed E-state index contributed by atoms with van der Waals surface area (Å²) in [4.78, 5) is 26.0. The number of aromatic nitrogens is 4. The topological polar surface area (TPSA) is 72.7 Å². The van der Waals surface area contributed by atoms with Gasteiger partial charge in [-0.1, -0.05) is 30.0 Å². The van der Waals surface area contributed by atoms with E-state index in [-0.39, 0.29) is 5.91 Å². The predicted octanol–water partition coefficient (Wildman–Crippen LogP) is 4.70. The van der Waals surface area contributed by atoms with Crippen molar-refractivity contribution in [3.63, 3.8) is 0 Å². The zero-order valence-corrected chi connectivity index (χ0v) is 17.1. The number of nitrogens with zero attached hydrogens (tertiary/aromatic N) is 4. The van der Waals surface area contributed by atoms with Gasteiger partial charge in [-0.2, -0.15) is 0 Å². The number of aryl methyl sites for hydroxylation is 2. The van der Waals surface area contributed by atoms with Gasteiger partial charge in [-0.3, -0.25) is 4.79 Å². The van der Waals surface area contributed by atoms with E-state index in [1.165, 1.54) is 0 Å². The van der Waals surface area contributed by atoms with Crippen LogP contribution in [0.5, 0.6) is 0 Å². The summed E-state index contributed by atoms with van der Waals surface area (Å²) in [7, 11) is 0. The first-order valence-corrected chi connectivity index (χ1v) is 10.4. The summed E-state index contributed by atoms with van der Waals surface area (Å²) < 4.78 is 2.18. The monoisotopic (exact) mass is 403 g/mol. The molecule has 6 nitrogen and oxygen atoms in total. The fourth-order valence-electron chi connectivity index (χ4n) is 3.14. The maximum absolute atomic E-state index is 12.4. The number of carbonyl (C=O) groups is 1. The molecular formula is C22H21N5OS. The van der Waals surface area contributed by atoms with Gasteiger partial charge >= 0.3 is 0 Å². The number of hydrogen-bond acceptors (Lipinski definition) is 5. The average molecular weight is 404 g/mol. The highest BCUT2D eigenvalue weighted by molar-refractivity contribution is 7.98. The van der Waals surface area contributed by atoms with Crippen molar-refractivity contribution in [2.45, 2.75) is 31.3 Å². The maximum Gasteiger partial charge on any atom is 0.255 e. The van der Waals surface area contributed by atoms with Crippen molar-refractivity contribution >= 4 is 34.4 Å². The normalized spacial score (nSPS) is 11.0. The molecular weight excluding hydrogens is 382 g/mol. The molecule has 0 aliphatic heterocycles. The second-order valence-electron chi connectivity index (χ2n) is 6.57. The molecule has 1 N–H and O–H groups in total. The number of anilines is 1. The van der Waals surface area contributed by atoms with Gasteiger partial charge in [-0.05, 0) is 50.2 Å². The Balaban J connectivity index is 1.56. The van der Waals surface area contributed by atoms with E-state index in [0.717, 1.165) is 39.9 Å². The quantitative estimate of drug-likeness (QED) is 0.373. The highest BCUT2D eigenvalue weighted by Gasteiger charge is 2.13. The number of thioether (sulfide) groups is 1. The van der Waals surface area contributed by atoms with Crippen LogP contribution >= 0.6 is 11.8 Å². The molecule has 2 aromatic carbocycles. The molecule has 0 fully saturated rings. The van der Waals surface area contributed by atoms with E-state index in [4.69, 9.17) is 4.98 Å². The van der Waals surface area contributed by atoms with Gasteiger partial charge in [0.25, 0.3) is 5.91 Å². The number of imidazole rings is 1. The average Bonchev–Trinajstić information content (AvgIpc) is 3.09. The zero-order chi connectivity index (χ0) is 20.2. The Morgan fingerprint density at radius 1 is 1.10 bits per heavy atom. The third kappa shape index (κ3) is 4.30. The molecule has 2 aromatic heterocycles. The van der Waals surface area contributed by atoms with Gasteiger partial charge in [0.15, 0.2) is 5.16 Å². The Morgan fingerprint density at radius 2 is 1.93 bits per heavy atom. The molecule has 0 spiro atoms. The van der Waals surface area contributed by atoms with Crippen LogP contribution in [-0.2, 0) is 12.3 Å². The van der Waals surface area contributed by atoms with Gasteiger partial charge in [0.05, 0.1) is 16.8 Å². The molecule has 4 rings (SSSR count).